The third-order valence-electron chi connectivity index (χ3n) is 0. The van der Waals surface area contributed by atoms with Gasteiger partial charge in [-0.1, -0.05) is 0 Å². The van der Waals surface area contributed by atoms with E-state index < -0.39 is 9.17 Å². The summed E-state index contributed by atoms with van der Waals surface area (Å²) in [5, 5.41) is 0. The van der Waals surface area contributed by atoms with Gasteiger partial charge < -0.3 is 12.4 Å². The maximum Gasteiger partial charge on any atom is 2.00 e. The first kappa shape index (κ1) is 15.6. The minimum Gasteiger partial charge on any atom is -1.00 e. The molecule has 0 aromatic carbocycles. The molecule has 0 aromatic rings. The van der Waals surface area contributed by atoms with Gasteiger partial charge in [-0.15, -0.1) is 0 Å². The fourth-order valence-corrected chi connectivity index (χ4v) is 0. The van der Waals surface area contributed by atoms with Crippen molar-refractivity contribution in [2.75, 3.05) is 0 Å². The molecule has 6 heavy (non-hydrogen) atoms. The zero-order chi connectivity index (χ0) is 3.58. The van der Waals surface area contributed by atoms with Crippen molar-refractivity contribution in [3.8, 4) is 0 Å². The number of rotatable bonds is 0. The molecular formula is H4BaFeO3Si. The quantitative estimate of drug-likeness (QED) is 0.514. The van der Waals surface area contributed by atoms with Crippen LogP contribution in [-0.2, 0) is 21.5 Å². The molecule has 0 saturated carbocycles. The van der Waals surface area contributed by atoms with Gasteiger partial charge in [-0.05, 0) is 0 Å². The van der Waals surface area contributed by atoms with Crippen LogP contribution in [-0.4, -0.2) is 67.6 Å². The first-order chi connectivity index (χ1) is 1.73. The van der Waals surface area contributed by atoms with Gasteiger partial charge in [0.15, 0.2) is 0 Å². The molecule has 0 amide bonds. The largest absolute Gasteiger partial charge is 2.00 e. The van der Waals surface area contributed by atoms with E-state index in [1.54, 1.807) is 0 Å². The van der Waals surface area contributed by atoms with E-state index in [2.05, 4.69) is 0 Å². The number of hydrogen-bond acceptors (Lipinski definition) is 1. The van der Waals surface area contributed by atoms with Gasteiger partial charge in [-0.2, -0.15) is 0 Å². The molecule has 36 valence electrons. The van der Waals surface area contributed by atoms with Crippen LogP contribution in [0.3, 0.4) is 0 Å². The molecule has 0 saturated heterocycles. The molecule has 0 aliphatic heterocycles. The Balaban J connectivity index is -0.00000000750. The van der Waals surface area contributed by atoms with Crippen LogP contribution >= 0.6 is 0 Å². The van der Waals surface area contributed by atoms with Crippen LogP contribution < -0.4 is 0 Å². The van der Waals surface area contributed by atoms with Gasteiger partial charge in [0.25, 0.3) is 0 Å². The van der Waals surface area contributed by atoms with Crippen LogP contribution in [0, 0.1) is 0 Å². The van der Waals surface area contributed by atoms with E-state index in [0.29, 0.717) is 0 Å². The molecule has 0 spiro atoms. The zero-order valence-electron chi connectivity index (χ0n) is 4.86. The van der Waals surface area contributed by atoms with Crippen molar-refractivity contribution in [2.45, 2.75) is 0 Å². The van der Waals surface area contributed by atoms with Crippen molar-refractivity contribution in [3.05, 3.63) is 0 Å². The van der Waals surface area contributed by atoms with Crippen molar-refractivity contribution in [2.24, 2.45) is 0 Å². The monoisotopic (exact) mass is 274 g/mol. The third kappa shape index (κ3) is 43.4. The van der Waals surface area contributed by atoms with Gasteiger partial charge in [0.2, 0.25) is 0 Å². The van der Waals surface area contributed by atoms with Crippen molar-refractivity contribution in [3.63, 3.8) is 0 Å². The predicted molar refractivity (Wildman–Crippen MR) is 18.9 cm³/mol. The first-order valence-electron chi connectivity index (χ1n) is 0.651. The molecule has 0 atom stereocenters. The third-order valence-corrected chi connectivity index (χ3v) is 0. The summed E-state index contributed by atoms with van der Waals surface area (Å²) < 4.78 is 8.74. The summed E-state index contributed by atoms with van der Waals surface area (Å²) in [4.78, 5) is 14.3. The van der Waals surface area contributed by atoms with E-state index in [1.807, 2.05) is 0 Å². The van der Waals surface area contributed by atoms with Crippen molar-refractivity contribution < 1.29 is 34.0 Å². The molecule has 0 radical (unpaired) electrons. The standard InChI is InChI=1S/Ba.Fe.H2O3Si.2H/c;;1-4(2)3;;/h;;1-2H;;/q+2;;;2*-1. The van der Waals surface area contributed by atoms with Crippen LogP contribution in [0.25, 0.3) is 0 Å². The van der Waals surface area contributed by atoms with Crippen LogP contribution in [0.5, 0.6) is 0 Å². The predicted octanol–water partition coefficient (Wildman–Crippen LogP) is -1.77. The summed E-state index contributed by atoms with van der Waals surface area (Å²) >= 11 is 0. The minimum absolute atomic E-state index is 0. The van der Waals surface area contributed by atoms with Crippen molar-refractivity contribution in [1.82, 2.24) is 0 Å². The van der Waals surface area contributed by atoms with E-state index in [9.17, 15) is 0 Å². The van der Waals surface area contributed by atoms with E-state index in [0.717, 1.165) is 0 Å². The molecule has 6 heteroatoms. The maximum atomic E-state index is 8.74. The van der Waals surface area contributed by atoms with Crippen molar-refractivity contribution >= 4 is 58.1 Å². The van der Waals surface area contributed by atoms with Gasteiger partial charge in [0.05, 0.1) is 0 Å². The second-order valence-corrected chi connectivity index (χ2v) is 0.848. The second-order valence-electron chi connectivity index (χ2n) is 0.283. The van der Waals surface area contributed by atoms with Crippen molar-refractivity contribution in [1.29, 1.82) is 0 Å². The Morgan fingerprint density at radius 2 is 1.50 bits per heavy atom. The molecule has 0 fully saturated rings. The van der Waals surface area contributed by atoms with Crippen LogP contribution in [0.15, 0.2) is 0 Å². The Bertz CT molecular complexity index is 40.3. The summed E-state index contributed by atoms with van der Waals surface area (Å²) in [5.41, 5.74) is 0. The Kier molecular flexibility index (Phi) is 25.7. The molecule has 0 rings (SSSR count). The first-order valence-corrected chi connectivity index (χ1v) is 1.95. The van der Waals surface area contributed by atoms with E-state index >= 15 is 0 Å². The van der Waals surface area contributed by atoms with E-state index in [1.165, 1.54) is 0 Å². The summed E-state index contributed by atoms with van der Waals surface area (Å²) in [6, 6.07) is 0. The average Bonchev–Trinajstić information content (AvgIpc) is 0.811. The Labute approximate surface area is 90.6 Å². The van der Waals surface area contributed by atoms with E-state index in [4.69, 9.17) is 14.1 Å². The fraction of sp³-hybridized carbons (Fsp3) is 0. The van der Waals surface area contributed by atoms with Crippen LogP contribution in [0.1, 0.15) is 2.85 Å². The Hall–Kier alpha value is 1.71. The summed E-state index contributed by atoms with van der Waals surface area (Å²) in [7, 11) is -3.13. The minimum atomic E-state index is -3.13. The zero-order valence-corrected chi connectivity index (χ0v) is 9.41. The summed E-state index contributed by atoms with van der Waals surface area (Å²) in [6.07, 6.45) is 0. The molecule has 0 aliphatic carbocycles. The van der Waals surface area contributed by atoms with Gasteiger partial charge in [0, 0.05) is 17.1 Å². The molecule has 3 nitrogen and oxygen atoms in total. The van der Waals surface area contributed by atoms with Gasteiger partial charge in [-0.25, -0.2) is 0 Å². The topological polar surface area (TPSA) is 57.5 Å². The summed E-state index contributed by atoms with van der Waals surface area (Å²) in [5.74, 6) is 0. The van der Waals surface area contributed by atoms with Crippen LogP contribution in [0.4, 0.5) is 0 Å². The molecule has 0 aliphatic rings. The van der Waals surface area contributed by atoms with Gasteiger partial charge in [0.1, 0.15) is 0 Å². The molecule has 0 aromatic heterocycles. The Morgan fingerprint density at radius 1 is 1.50 bits per heavy atom. The average molecular weight is 273 g/mol. The SMILES string of the molecule is O=[Si](O)O.[Ba+2].[Fe].[H-].[H-]. The van der Waals surface area contributed by atoms with Gasteiger partial charge >= 0.3 is 58.1 Å². The number of hydrogen-bond donors (Lipinski definition) is 2. The maximum absolute atomic E-state index is 8.74. The fourth-order valence-electron chi connectivity index (χ4n) is 0. The molecule has 2 N–H and O–H groups in total. The normalized spacial score (nSPS) is 4.00. The second kappa shape index (κ2) is 9.86. The van der Waals surface area contributed by atoms with Gasteiger partial charge in [-0.3, -0.25) is 4.46 Å². The van der Waals surface area contributed by atoms with Crippen LogP contribution in [0.2, 0.25) is 0 Å². The molecule has 0 bridgehead atoms. The smallest absolute Gasteiger partial charge is 1.00 e. The molecule has 0 unspecified atom stereocenters. The van der Waals surface area contributed by atoms with E-state index in [-0.39, 0.29) is 68.8 Å². The Morgan fingerprint density at radius 3 is 1.50 bits per heavy atom. The molecule has 0 heterocycles. The summed E-state index contributed by atoms with van der Waals surface area (Å²) in [6.45, 7) is 0. The molecular weight excluding hydrogens is 269 g/mol.